The van der Waals surface area contributed by atoms with Crippen LogP contribution < -0.4 is 0 Å². The smallest absolute Gasteiger partial charge is 0.190 e. The number of ether oxygens (including phenoxy) is 5. The monoisotopic (exact) mass is 230 g/mol. The van der Waals surface area contributed by atoms with Gasteiger partial charge in [0, 0.05) is 0 Å². The van der Waals surface area contributed by atoms with E-state index in [2.05, 4.69) is 0 Å². The minimum absolute atomic E-state index is 0.204. The largest absolute Gasteiger partial charge is 0.347 e. The summed E-state index contributed by atoms with van der Waals surface area (Å²) >= 11 is 0. The van der Waals surface area contributed by atoms with E-state index in [0.29, 0.717) is 13.2 Å². The van der Waals surface area contributed by atoms with Crippen LogP contribution in [0.4, 0.5) is 0 Å². The molecule has 0 unspecified atom stereocenters. The molecule has 3 aliphatic rings. The maximum atomic E-state index is 5.95. The highest BCUT2D eigenvalue weighted by Gasteiger charge is 2.64. The number of hydrogen-bond acceptors (Lipinski definition) is 5. The third-order valence-electron chi connectivity index (χ3n) is 3.18. The average Bonchev–Trinajstić information content (AvgIpc) is 2.69. The van der Waals surface area contributed by atoms with Crippen LogP contribution in [0.2, 0.25) is 0 Å². The predicted octanol–water partition coefficient (Wildman–Crippen LogP) is 1.02. The maximum Gasteiger partial charge on any atom is 0.190 e. The number of fused-ring (bicyclic) bond motifs is 2. The molecule has 0 radical (unpaired) electrons. The van der Waals surface area contributed by atoms with E-state index in [4.69, 9.17) is 23.7 Å². The van der Waals surface area contributed by atoms with E-state index in [0.717, 1.165) is 0 Å². The van der Waals surface area contributed by atoms with Crippen LogP contribution >= 0.6 is 0 Å². The highest BCUT2D eigenvalue weighted by atomic mass is 16.9. The summed E-state index contributed by atoms with van der Waals surface area (Å²) in [6.45, 7) is 8.50. The van der Waals surface area contributed by atoms with E-state index >= 15 is 0 Å². The second kappa shape index (κ2) is 2.97. The fourth-order valence-electron chi connectivity index (χ4n) is 2.57. The molecule has 0 aromatic rings. The molecule has 0 aromatic heterocycles. The van der Waals surface area contributed by atoms with E-state index in [1.807, 2.05) is 27.7 Å². The first-order valence-electron chi connectivity index (χ1n) is 5.63. The molecule has 0 saturated carbocycles. The number of hydrogen-bond donors (Lipinski definition) is 0. The van der Waals surface area contributed by atoms with Gasteiger partial charge in [0.2, 0.25) is 0 Å². The molecule has 0 aliphatic carbocycles. The lowest BCUT2D eigenvalue weighted by Gasteiger charge is -2.28. The van der Waals surface area contributed by atoms with E-state index in [1.54, 1.807) is 0 Å². The first-order chi connectivity index (χ1) is 7.32. The van der Waals surface area contributed by atoms with Crippen molar-refractivity contribution in [3.05, 3.63) is 0 Å². The van der Waals surface area contributed by atoms with Crippen LogP contribution in [0.1, 0.15) is 27.7 Å². The Morgan fingerprint density at radius 3 is 2.31 bits per heavy atom. The minimum atomic E-state index is -0.612. The lowest BCUT2D eigenvalue weighted by molar-refractivity contribution is -0.225. The third kappa shape index (κ3) is 1.50. The maximum absolute atomic E-state index is 5.95. The van der Waals surface area contributed by atoms with Crippen LogP contribution in [-0.4, -0.2) is 42.8 Å². The fraction of sp³-hybridized carbons (Fsp3) is 1.00. The fourth-order valence-corrected chi connectivity index (χ4v) is 2.57. The van der Waals surface area contributed by atoms with Crippen molar-refractivity contribution in [2.45, 2.75) is 57.3 Å². The van der Waals surface area contributed by atoms with Gasteiger partial charge in [-0.25, -0.2) is 0 Å². The Hall–Kier alpha value is -0.200. The molecule has 3 fully saturated rings. The Morgan fingerprint density at radius 2 is 1.69 bits per heavy atom. The van der Waals surface area contributed by atoms with E-state index in [9.17, 15) is 0 Å². The summed E-state index contributed by atoms with van der Waals surface area (Å²) in [5, 5.41) is 0. The molecule has 16 heavy (non-hydrogen) atoms. The molecular weight excluding hydrogens is 212 g/mol. The quantitative estimate of drug-likeness (QED) is 0.621. The molecule has 3 saturated heterocycles. The summed E-state index contributed by atoms with van der Waals surface area (Å²) in [6, 6.07) is 0. The molecule has 3 heterocycles. The van der Waals surface area contributed by atoms with Gasteiger partial charge in [-0.2, -0.15) is 0 Å². The van der Waals surface area contributed by atoms with Gasteiger partial charge in [0.05, 0.1) is 13.2 Å². The Bertz CT molecular complexity index is 311. The van der Waals surface area contributed by atoms with Crippen molar-refractivity contribution in [3.8, 4) is 0 Å². The highest BCUT2D eigenvalue weighted by molar-refractivity contribution is 5.03. The molecule has 92 valence electrons. The minimum Gasteiger partial charge on any atom is -0.347 e. The van der Waals surface area contributed by atoms with Gasteiger partial charge in [-0.15, -0.1) is 0 Å². The molecule has 5 nitrogen and oxygen atoms in total. The predicted molar refractivity (Wildman–Crippen MR) is 53.6 cm³/mol. The molecule has 0 aromatic carbocycles. The molecule has 3 atom stereocenters. The molecule has 3 aliphatic heterocycles. The van der Waals surface area contributed by atoms with Crippen molar-refractivity contribution in [2.24, 2.45) is 0 Å². The lowest BCUT2D eigenvalue weighted by Crippen LogP contribution is -2.47. The first kappa shape index (κ1) is 10.9. The Kier molecular flexibility index (Phi) is 2.03. The van der Waals surface area contributed by atoms with Crippen LogP contribution in [0.3, 0.4) is 0 Å². The molecule has 0 amide bonds. The molecule has 5 heteroatoms. The third-order valence-corrected chi connectivity index (χ3v) is 3.18. The van der Waals surface area contributed by atoms with E-state index in [-0.39, 0.29) is 12.4 Å². The lowest BCUT2D eigenvalue weighted by atomic mass is 10.0. The van der Waals surface area contributed by atoms with Gasteiger partial charge in [0.1, 0.15) is 11.7 Å². The van der Waals surface area contributed by atoms with Crippen LogP contribution in [0.15, 0.2) is 0 Å². The summed E-state index contributed by atoms with van der Waals surface area (Å²) in [7, 11) is 0. The summed E-state index contributed by atoms with van der Waals surface area (Å²) in [5.41, 5.74) is -0.512. The average molecular weight is 230 g/mol. The Morgan fingerprint density at radius 1 is 0.938 bits per heavy atom. The summed E-state index contributed by atoms with van der Waals surface area (Å²) < 4.78 is 28.7. The van der Waals surface area contributed by atoms with Crippen molar-refractivity contribution < 1.29 is 23.7 Å². The SMILES string of the molecule is CC1(C)O[C@H]2OC[C@@]3(COC(C)(C)O3)[C@@H]2O1. The second-order valence-corrected chi connectivity index (χ2v) is 5.59. The normalized spacial score (nSPS) is 48.8. The molecule has 1 spiro atoms. The van der Waals surface area contributed by atoms with Gasteiger partial charge in [0.25, 0.3) is 0 Å². The Labute approximate surface area is 94.9 Å². The zero-order valence-electron chi connectivity index (χ0n) is 10.1. The van der Waals surface area contributed by atoms with Gasteiger partial charge in [0.15, 0.2) is 17.9 Å². The van der Waals surface area contributed by atoms with Gasteiger partial charge >= 0.3 is 0 Å². The second-order valence-electron chi connectivity index (χ2n) is 5.59. The Balaban J connectivity index is 1.84. The zero-order valence-corrected chi connectivity index (χ0v) is 10.1. The van der Waals surface area contributed by atoms with Gasteiger partial charge in [-0.05, 0) is 27.7 Å². The number of rotatable bonds is 0. The van der Waals surface area contributed by atoms with Crippen LogP contribution in [-0.2, 0) is 23.7 Å². The topological polar surface area (TPSA) is 46.2 Å². The highest BCUT2D eigenvalue weighted by Crippen LogP contribution is 2.46. The summed E-state index contributed by atoms with van der Waals surface area (Å²) in [6.07, 6.45) is -0.545. The van der Waals surface area contributed by atoms with Crippen molar-refractivity contribution in [2.75, 3.05) is 13.2 Å². The van der Waals surface area contributed by atoms with Crippen molar-refractivity contribution in [3.63, 3.8) is 0 Å². The van der Waals surface area contributed by atoms with Crippen LogP contribution in [0.25, 0.3) is 0 Å². The standard InChI is InChI=1S/C11H18O5/c1-9(2)13-6-11(16-9)5-12-8-7(11)14-10(3,4)15-8/h7-8H,5-6H2,1-4H3/t7-,8-,11-/m1/s1. The van der Waals surface area contributed by atoms with E-state index < -0.39 is 17.2 Å². The van der Waals surface area contributed by atoms with E-state index in [1.165, 1.54) is 0 Å². The summed E-state index contributed by atoms with van der Waals surface area (Å²) in [5.74, 6) is -1.19. The van der Waals surface area contributed by atoms with Crippen molar-refractivity contribution in [1.29, 1.82) is 0 Å². The first-order valence-corrected chi connectivity index (χ1v) is 5.63. The van der Waals surface area contributed by atoms with Gasteiger partial charge in [-0.1, -0.05) is 0 Å². The van der Waals surface area contributed by atoms with Gasteiger partial charge in [-0.3, -0.25) is 0 Å². The molecule has 3 rings (SSSR count). The van der Waals surface area contributed by atoms with Crippen molar-refractivity contribution in [1.82, 2.24) is 0 Å². The van der Waals surface area contributed by atoms with Gasteiger partial charge < -0.3 is 23.7 Å². The van der Waals surface area contributed by atoms with Crippen molar-refractivity contribution >= 4 is 0 Å². The zero-order chi connectivity index (χ0) is 11.6. The molecule has 0 bridgehead atoms. The van der Waals surface area contributed by atoms with Crippen LogP contribution in [0.5, 0.6) is 0 Å². The van der Waals surface area contributed by atoms with Crippen LogP contribution in [0, 0.1) is 0 Å². The molecule has 0 N–H and O–H groups in total. The summed E-state index contributed by atoms with van der Waals surface area (Å²) in [4.78, 5) is 0. The molecular formula is C11H18O5.